The maximum Gasteiger partial charge on any atom is 0.257 e. The first-order valence-electron chi connectivity index (χ1n) is 24.7. The number of imidazole rings is 1. The van der Waals surface area contributed by atoms with Crippen molar-refractivity contribution >= 4 is 45.9 Å². The second-order valence-electron chi connectivity index (χ2n) is 20.5. The Hall–Kier alpha value is -5.63. The highest BCUT2D eigenvalue weighted by molar-refractivity contribution is 6.10. The van der Waals surface area contributed by atoms with Crippen LogP contribution in [-0.4, -0.2) is 96.1 Å². The fourth-order valence-electron chi connectivity index (χ4n) is 11.6. The van der Waals surface area contributed by atoms with Gasteiger partial charge >= 0.3 is 0 Å². The van der Waals surface area contributed by atoms with Gasteiger partial charge < -0.3 is 29.9 Å². The summed E-state index contributed by atoms with van der Waals surface area (Å²) in [7, 11) is 0. The molecule has 2 saturated carbocycles. The minimum atomic E-state index is -0.741. The lowest BCUT2D eigenvalue weighted by Gasteiger charge is -2.48. The van der Waals surface area contributed by atoms with Crippen molar-refractivity contribution in [1.82, 2.24) is 39.4 Å². The summed E-state index contributed by atoms with van der Waals surface area (Å²) in [5.41, 5.74) is 5.70. The molecule has 3 amide bonds. The molecule has 0 bridgehead atoms. The number of amides is 3. The number of nitrogens with zero attached hydrogens (tertiary/aromatic N) is 8. The molecular formula is C52H65FN10O3. The number of halogens is 1. The van der Waals surface area contributed by atoms with Gasteiger partial charge in [0.05, 0.1) is 40.4 Å². The molecule has 2 aromatic carbocycles. The zero-order valence-corrected chi connectivity index (χ0v) is 39.3. The van der Waals surface area contributed by atoms with Crippen molar-refractivity contribution in [2.45, 2.75) is 148 Å². The highest BCUT2D eigenvalue weighted by Gasteiger charge is 2.56. The lowest BCUT2D eigenvalue weighted by Crippen LogP contribution is -2.58. The van der Waals surface area contributed by atoms with Crippen LogP contribution in [0.15, 0.2) is 55.1 Å². The highest BCUT2D eigenvalue weighted by Crippen LogP contribution is 2.52. The number of hydrogen-bond donors (Lipinski definition) is 2. The number of pyridine rings is 1. The summed E-state index contributed by atoms with van der Waals surface area (Å²) in [5.74, 6) is 0.369. The van der Waals surface area contributed by atoms with E-state index in [2.05, 4.69) is 51.5 Å². The number of carbonyl (C=O) groups is 3. The lowest BCUT2D eigenvalue weighted by molar-refractivity contribution is -0.125. The Kier molecular flexibility index (Phi) is 12.0. The molecule has 2 saturated heterocycles. The van der Waals surface area contributed by atoms with E-state index in [0.29, 0.717) is 71.6 Å². The van der Waals surface area contributed by atoms with Crippen molar-refractivity contribution in [2.24, 2.45) is 5.92 Å². The van der Waals surface area contributed by atoms with Crippen molar-refractivity contribution in [2.75, 3.05) is 36.4 Å². The molecule has 66 heavy (non-hydrogen) atoms. The maximum absolute atomic E-state index is 15.8. The summed E-state index contributed by atoms with van der Waals surface area (Å²) >= 11 is 0. The summed E-state index contributed by atoms with van der Waals surface area (Å²) in [6.07, 6.45) is 18.4. The molecule has 348 valence electrons. The van der Waals surface area contributed by atoms with Gasteiger partial charge in [-0.25, -0.2) is 14.4 Å². The molecule has 6 heterocycles. The van der Waals surface area contributed by atoms with Crippen LogP contribution in [0.1, 0.15) is 143 Å². The first-order chi connectivity index (χ1) is 31.9. The Bertz CT molecular complexity index is 2640. The average Bonchev–Trinajstić information content (AvgIpc) is 4.01. The standard InChI is InChI=1S/C52H65FN10O3/c1-32(2)56-49(64)40-26-44(42(53)22-34(40)5)58-48-47-45(54-31-62(47)33(3)4)27-43(57-48)36-14-15-41-46(23-36)63(39-24-38(25-39)59-18-10-7-11-19-59)51(66)52(41)16-20-60(21-17-52)50(65)37-28-55-61(30-37)29-35-12-8-6-9-13-35/h14-15,22-23,26-28,30-33,35,38-39H,6-13,16-21,24-25,29H2,1-5H3,(H,56,64)(H,57,58). The zero-order chi connectivity index (χ0) is 45.9. The van der Waals surface area contributed by atoms with Crippen LogP contribution in [0.5, 0.6) is 0 Å². The third kappa shape index (κ3) is 8.17. The number of hydrogen-bond acceptors (Lipinski definition) is 8. The summed E-state index contributed by atoms with van der Waals surface area (Å²) in [4.78, 5) is 59.0. The number of likely N-dealkylation sites (tertiary alicyclic amines) is 2. The number of piperidine rings is 2. The molecule has 2 N–H and O–H groups in total. The first-order valence-corrected chi connectivity index (χ1v) is 24.7. The van der Waals surface area contributed by atoms with Gasteiger partial charge in [-0.15, -0.1) is 0 Å². The zero-order valence-electron chi connectivity index (χ0n) is 39.3. The van der Waals surface area contributed by atoms with E-state index in [1.807, 2.05) is 46.3 Å². The molecule has 0 radical (unpaired) electrons. The molecule has 0 unspecified atom stereocenters. The number of aromatic nitrogens is 5. The molecule has 5 aliphatic rings. The van der Waals surface area contributed by atoms with Crippen LogP contribution in [0.25, 0.3) is 22.3 Å². The van der Waals surface area contributed by atoms with Crippen LogP contribution in [-0.2, 0) is 16.8 Å². The number of aryl methyl sites for hydroxylation is 1. The smallest absolute Gasteiger partial charge is 0.257 e. The van der Waals surface area contributed by atoms with Crippen molar-refractivity contribution in [3.63, 3.8) is 0 Å². The molecule has 3 aliphatic heterocycles. The predicted molar refractivity (Wildman–Crippen MR) is 256 cm³/mol. The molecule has 2 aliphatic carbocycles. The van der Waals surface area contributed by atoms with E-state index in [9.17, 15) is 9.59 Å². The molecular weight excluding hydrogens is 832 g/mol. The summed E-state index contributed by atoms with van der Waals surface area (Å²) in [6.45, 7) is 13.7. The van der Waals surface area contributed by atoms with E-state index in [-0.39, 0.29) is 41.5 Å². The van der Waals surface area contributed by atoms with Gasteiger partial charge in [0, 0.05) is 66.8 Å². The Morgan fingerprint density at radius 2 is 1.65 bits per heavy atom. The van der Waals surface area contributed by atoms with Crippen LogP contribution in [0, 0.1) is 18.7 Å². The maximum atomic E-state index is 15.8. The van der Waals surface area contributed by atoms with E-state index < -0.39 is 11.2 Å². The van der Waals surface area contributed by atoms with Gasteiger partial charge in [-0.3, -0.25) is 19.1 Å². The number of nitrogens with one attached hydrogen (secondary N) is 2. The molecule has 14 heteroatoms. The number of carbonyl (C=O) groups excluding carboxylic acids is 3. The van der Waals surface area contributed by atoms with Crippen LogP contribution >= 0.6 is 0 Å². The van der Waals surface area contributed by atoms with E-state index in [1.54, 1.807) is 25.5 Å². The van der Waals surface area contributed by atoms with E-state index >= 15 is 9.18 Å². The third-order valence-electron chi connectivity index (χ3n) is 15.4. The normalized spacial score (nSPS) is 21.2. The van der Waals surface area contributed by atoms with E-state index in [4.69, 9.17) is 9.97 Å². The van der Waals surface area contributed by atoms with E-state index in [0.717, 1.165) is 54.8 Å². The topological polar surface area (TPSA) is 134 Å². The quantitative estimate of drug-likeness (QED) is 0.134. The lowest BCUT2D eigenvalue weighted by atomic mass is 9.73. The van der Waals surface area contributed by atoms with Gasteiger partial charge in [0.2, 0.25) is 5.91 Å². The third-order valence-corrected chi connectivity index (χ3v) is 15.4. The molecule has 13 nitrogen and oxygen atoms in total. The van der Waals surface area contributed by atoms with Crippen LogP contribution in [0.3, 0.4) is 0 Å². The fourth-order valence-corrected chi connectivity index (χ4v) is 11.6. The van der Waals surface area contributed by atoms with Crippen LogP contribution in [0.4, 0.5) is 21.6 Å². The largest absolute Gasteiger partial charge is 0.350 e. The summed E-state index contributed by atoms with van der Waals surface area (Å²) in [5, 5.41) is 10.8. The van der Waals surface area contributed by atoms with Crippen molar-refractivity contribution in [3.8, 4) is 11.3 Å². The minimum Gasteiger partial charge on any atom is -0.350 e. The van der Waals surface area contributed by atoms with Gasteiger partial charge in [0.25, 0.3) is 11.8 Å². The molecule has 3 aromatic heterocycles. The Morgan fingerprint density at radius 1 is 0.909 bits per heavy atom. The van der Waals surface area contributed by atoms with Crippen molar-refractivity contribution < 1.29 is 18.8 Å². The Labute approximate surface area is 387 Å². The van der Waals surface area contributed by atoms with E-state index in [1.165, 1.54) is 57.4 Å². The highest BCUT2D eigenvalue weighted by atomic mass is 19.1. The van der Waals surface area contributed by atoms with Crippen molar-refractivity contribution in [1.29, 1.82) is 0 Å². The Balaban J connectivity index is 0.971. The molecule has 4 fully saturated rings. The van der Waals surface area contributed by atoms with Gasteiger partial charge in [-0.05, 0) is 140 Å². The number of rotatable bonds is 11. The van der Waals surface area contributed by atoms with Crippen LogP contribution in [0.2, 0.25) is 0 Å². The first kappa shape index (κ1) is 44.2. The summed E-state index contributed by atoms with van der Waals surface area (Å²) in [6, 6.07) is 11.7. The second kappa shape index (κ2) is 17.9. The minimum absolute atomic E-state index is 0.0210. The number of fused-ring (bicyclic) bond motifs is 3. The number of anilines is 3. The van der Waals surface area contributed by atoms with Gasteiger partial charge in [0.1, 0.15) is 11.3 Å². The molecule has 5 aromatic rings. The fraction of sp³-hybridized carbons (Fsp3) is 0.538. The summed E-state index contributed by atoms with van der Waals surface area (Å²) < 4.78 is 19.8. The molecule has 1 spiro atoms. The predicted octanol–water partition coefficient (Wildman–Crippen LogP) is 9.32. The monoisotopic (exact) mass is 897 g/mol. The van der Waals surface area contributed by atoms with Crippen LogP contribution < -0.4 is 15.5 Å². The van der Waals surface area contributed by atoms with Gasteiger partial charge in [-0.1, -0.05) is 37.8 Å². The van der Waals surface area contributed by atoms with Gasteiger partial charge in [0.15, 0.2) is 5.82 Å². The van der Waals surface area contributed by atoms with Crippen molar-refractivity contribution in [3.05, 3.63) is 83.2 Å². The molecule has 0 atom stereocenters. The average molecular weight is 897 g/mol. The number of benzene rings is 2. The SMILES string of the molecule is Cc1cc(F)c(Nc2nc(-c3ccc4c(c3)N(C3CC(N5CCCCC5)C3)C(=O)C43CCN(C(=O)c4cnn(CC5CCCCC5)c4)CC3)cc3ncn(C(C)C)c23)cc1C(=O)NC(C)C. The molecule has 10 rings (SSSR count). The Morgan fingerprint density at radius 3 is 2.38 bits per heavy atom. The second-order valence-corrected chi connectivity index (χ2v) is 20.5. The van der Waals surface area contributed by atoms with Gasteiger partial charge in [-0.2, -0.15) is 5.10 Å².